The van der Waals surface area contributed by atoms with Gasteiger partial charge in [0, 0.05) is 11.3 Å². The van der Waals surface area contributed by atoms with E-state index in [1.54, 1.807) is 5.43 Å². The van der Waals surface area contributed by atoms with Crippen LogP contribution < -0.4 is 5.43 Å². The van der Waals surface area contributed by atoms with Gasteiger partial charge in [-0.2, -0.15) is 35.8 Å². The molecule has 0 aliphatic rings. The molecule has 0 fully saturated rings. The van der Waals surface area contributed by atoms with E-state index in [9.17, 15) is 40.3 Å². The quantitative estimate of drug-likeness (QED) is 0.446. The van der Waals surface area contributed by atoms with E-state index in [0.717, 1.165) is 19.1 Å². The van der Waals surface area contributed by atoms with Crippen molar-refractivity contribution in [3.63, 3.8) is 0 Å². The standard InChI is InChI=1S/C14H11F7N2O3/c1-7(22-23-11(26)8-2-4-9(24)5-3-8)6-10(25)12(15,16)13(17,18)14(19,20)21/h2-5,24H,6H2,1H3,(H,23,26). The zero-order valence-electron chi connectivity index (χ0n) is 12.9. The molecule has 0 unspecified atom stereocenters. The van der Waals surface area contributed by atoms with Gasteiger partial charge in [-0.3, -0.25) is 9.59 Å². The first kappa shape index (κ1) is 21.4. The maximum atomic E-state index is 13.2. The van der Waals surface area contributed by atoms with E-state index < -0.39 is 41.8 Å². The maximum absolute atomic E-state index is 13.2. The molecule has 0 saturated carbocycles. The minimum absolute atomic E-state index is 0.0281. The Morgan fingerprint density at radius 2 is 1.54 bits per heavy atom. The van der Waals surface area contributed by atoms with Crippen molar-refractivity contribution in [2.45, 2.75) is 31.4 Å². The van der Waals surface area contributed by atoms with Gasteiger partial charge in [0.15, 0.2) is 0 Å². The van der Waals surface area contributed by atoms with Crippen molar-refractivity contribution in [3.05, 3.63) is 29.8 Å². The smallest absolute Gasteiger partial charge is 0.460 e. The normalized spacial score (nSPS) is 13.5. The second kappa shape index (κ2) is 7.30. The molecule has 0 aliphatic carbocycles. The molecule has 1 aromatic carbocycles. The molecule has 0 radical (unpaired) electrons. The van der Waals surface area contributed by atoms with Crippen LogP contribution in [-0.4, -0.2) is 40.5 Å². The number of carbonyl (C=O) groups excluding carboxylic acids is 2. The number of hydrogen-bond donors (Lipinski definition) is 2. The molecule has 1 amide bonds. The molecule has 26 heavy (non-hydrogen) atoms. The van der Waals surface area contributed by atoms with E-state index in [1.165, 1.54) is 12.1 Å². The maximum Gasteiger partial charge on any atom is 0.460 e. The van der Waals surface area contributed by atoms with Gasteiger partial charge in [-0.1, -0.05) is 0 Å². The second-order valence-electron chi connectivity index (χ2n) is 5.08. The number of carbonyl (C=O) groups is 2. The van der Waals surface area contributed by atoms with Crippen LogP contribution in [0.5, 0.6) is 5.75 Å². The molecule has 5 nitrogen and oxygen atoms in total. The van der Waals surface area contributed by atoms with E-state index in [4.69, 9.17) is 5.11 Å². The first-order valence-electron chi connectivity index (χ1n) is 6.68. The largest absolute Gasteiger partial charge is 0.508 e. The lowest BCUT2D eigenvalue weighted by molar-refractivity contribution is -0.343. The van der Waals surface area contributed by atoms with E-state index in [2.05, 4.69) is 5.10 Å². The highest BCUT2D eigenvalue weighted by atomic mass is 19.4. The fraction of sp³-hybridized carbons (Fsp3) is 0.357. The monoisotopic (exact) mass is 388 g/mol. The van der Waals surface area contributed by atoms with Crippen LogP contribution in [0.1, 0.15) is 23.7 Å². The van der Waals surface area contributed by atoms with Gasteiger partial charge < -0.3 is 5.11 Å². The number of halogens is 7. The first-order valence-corrected chi connectivity index (χ1v) is 6.68. The number of nitrogens with one attached hydrogen (secondary N) is 1. The number of phenolic OH excluding ortho intramolecular Hbond substituents is 1. The van der Waals surface area contributed by atoms with Crippen LogP contribution in [0.4, 0.5) is 30.7 Å². The molecule has 0 atom stereocenters. The number of alkyl halides is 7. The molecule has 0 spiro atoms. The lowest BCUT2D eigenvalue weighted by Crippen LogP contribution is -2.56. The van der Waals surface area contributed by atoms with E-state index in [1.807, 2.05) is 0 Å². The fourth-order valence-corrected chi connectivity index (χ4v) is 1.56. The van der Waals surface area contributed by atoms with Gasteiger partial charge >= 0.3 is 18.0 Å². The summed E-state index contributed by atoms with van der Waals surface area (Å²) >= 11 is 0. The first-order chi connectivity index (χ1) is 11.7. The number of hydrazone groups is 1. The van der Waals surface area contributed by atoms with Gasteiger partial charge in [-0.25, -0.2) is 5.43 Å². The van der Waals surface area contributed by atoms with Crippen LogP contribution >= 0.6 is 0 Å². The van der Waals surface area contributed by atoms with Crippen molar-refractivity contribution in [1.82, 2.24) is 5.43 Å². The molecule has 0 bridgehead atoms. The predicted molar refractivity (Wildman–Crippen MR) is 74.3 cm³/mol. The van der Waals surface area contributed by atoms with Crippen molar-refractivity contribution < 1.29 is 45.4 Å². The van der Waals surface area contributed by atoms with Crippen molar-refractivity contribution in [3.8, 4) is 5.75 Å². The number of Topliss-reactive ketones (excluding diaryl/α,β-unsaturated/α-hetero) is 1. The minimum Gasteiger partial charge on any atom is -0.508 e. The lowest BCUT2D eigenvalue weighted by Gasteiger charge is -2.26. The number of rotatable bonds is 6. The highest BCUT2D eigenvalue weighted by Crippen LogP contribution is 2.47. The highest BCUT2D eigenvalue weighted by molar-refractivity contribution is 6.05. The highest BCUT2D eigenvalue weighted by Gasteiger charge is 2.75. The van der Waals surface area contributed by atoms with Crippen molar-refractivity contribution in [2.24, 2.45) is 5.10 Å². The summed E-state index contributed by atoms with van der Waals surface area (Å²) in [6.45, 7) is 0.872. The lowest BCUT2D eigenvalue weighted by atomic mass is 10.0. The topological polar surface area (TPSA) is 78.8 Å². The fourth-order valence-electron chi connectivity index (χ4n) is 1.56. The zero-order chi connectivity index (χ0) is 20.3. The third kappa shape index (κ3) is 4.49. The Bertz CT molecular complexity index is 712. The molecular formula is C14H11F7N2O3. The van der Waals surface area contributed by atoms with E-state index in [0.29, 0.717) is 0 Å². The van der Waals surface area contributed by atoms with Crippen molar-refractivity contribution in [1.29, 1.82) is 0 Å². The summed E-state index contributed by atoms with van der Waals surface area (Å²) in [5.41, 5.74) is 1.15. The predicted octanol–water partition coefficient (Wildman–Crippen LogP) is 3.29. The molecule has 1 rings (SSSR count). The molecule has 0 aliphatic heterocycles. The number of ketones is 1. The third-order valence-corrected chi connectivity index (χ3v) is 2.99. The summed E-state index contributed by atoms with van der Waals surface area (Å²) in [4.78, 5) is 22.8. The Morgan fingerprint density at radius 1 is 1.04 bits per heavy atom. The van der Waals surface area contributed by atoms with Crippen LogP contribution in [0, 0.1) is 0 Å². The van der Waals surface area contributed by atoms with E-state index in [-0.39, 0.29) is 11.3 Å². The third-order valence-electron chi connectivity index (χ3n) is 2.99. The Kier molecular flexibility index (Phi) is 6.00. The summed E-state index contributed by atoms with van der Waals surface area (Å²) in [6, 6.07) is 4.63. The Hall–Kier alpha value is -2.66. The Balaban J connectivity index is 2.81. The summed E-state index contributed by atoms with van der Waals surface area (Å²) < 4.78 is 87.9. The summed E-state index contributed by atoms with van der Waals surface area (Å²) in [5, 5.41) is 12.2. The molecule has 1 aromatic rings. The van der Waals surface area contributed by atoms with Gasteiger partial charge in [-0.15, -0.1) is 0 Å². The molecule has 0 saturated heterocycles. The van der Waals surface area contributed by atoms with Crippen LogP contribution in [-0.2, 0) is 4.79 Å². The van der Waals surface area contributed by atoms with Gasteiger partial charge in [0.2, 0.25) is 5.78 Å². The SMILES string of the molecule is CC(CC(=O)C(F)(F)C(F)(F)C(F)(F)F)=NNC(=O)c1ccc(O)cc1. The van der Waals surface area contributed by atoms with Gasteiger partial charge in [0.05, 0.1) is 6.42 Å². The number of aromatic hydroxyl groups is 1. The van der Waals surface area contributed by atoms with E-state index >= 15 is 0 Å². The average molecular weight is 388 g/mol. The minimum atomic E-state index is -6.62. The number of benzene rings is 1. The molecule has 0 aromatic heterocycles. The number of hydrogen-bond acceptors (Lipinski definition) is 4. The van der Waals surface area contributed by atoms with Crippen LogP contribution in [0.25, 0.3) is 0 Å². The second-order valence-corrected chi connectivity index (χ2v) is 5.08. The molecule has 2 N–H and O–H groups in total. The Morgan fingerprint density at radius 3 is 2.00 bits per heavy atom. The van der Waals surface area contributed by atoms with Gasteiger partial charge in [0.1, 0.15) is 5.75 Å². The molecule has 144 valence electrons. The van der Waals surface area contributed by atoms with Crippen LogP contribution in [0.2, 0.25) is 0 Å². The van der Waals surface area contributed by atoms with Crippen LogP contribution in [0.15, 0.2) is 29.4 Å². The van der Waals surface area contributed by atoms with Gasteiger partial charge in [0.25, 0.3) is 5.91 Å². The Labute approximate surface area is 141 Å². The molecule has 12 heteroatoms. The van der Waals surface area contributed by atoms with Crippen molar-refractivity contribution in [2.75, 3.05) is 0 Å². The summed E-state index contributed by atoms with van der Waals surface area (Å²) in [6.07, 6.45) is -8.17. The van der Waals surface area contributed by atoms with Gasteiger partial charge in [-0.05, 0) is 31.2 Å². The summed E-state index contributed by atoms with van der Waals surface area (Å²) in [7, 11) is 0. The van der Waals surface area contributed by atoms with Crippen molar-refractivity contribution >= 4 is 17.4 Å². The molecular weight excluding hydrogens is 377 g/mol. The van der Waals surface area contributed by atoms with Crippen LogP contribution in [0.3, 0.4) is 0 Å². The average Bonchev–Trinajstić information content (AvgIpc) is 2.51. The molecule has 0 heterocycles. The zero-order valence-corrected chi connectivity index (χ0v) is 12.9. The number of phenols is 1. The number of amides is 1. The number of nitrogens with zero attached hydrogens (tertiary/aromatic N) is 1. The summed E-state index contributed by atoms with van der Waals surface area (Å²) in [5.74, 6) is -16.3.